The van der Waals surface area contributed by atoms with E-state index in [9.17, 15) is 4.39 Å². The maximum atomic E-state index is 13.1. The standard InChI is InChI=1S/C13H18FNO/c1-13(2)6-7-16-12(9-15-13)10-4-3-5-11(14)8-10/h3-5,8,12,15H,6-7,9H2,1-2H3. The predicted octanol–water partition coefficient (Wildman–Crippen LogP) is 2.66. The normalized spacial score (nSPS) is 25.1. The minimum Gasteiger partial charge on any atom is -0.372 e. The fourth-order valence-electron chi connectivity index (χ4n) is 1.89. The molecule has 1 aliphatic rings. The Labute approximate surface area is 95.8 Å². The van der Waals surface area contributed by atoms with Crippen LogP contribution in [0.4, 0.5) is 4.39 Å². The van der Waals surface area contributed by atoms with Crippen molar-refractivity contribution in [1.82, 2.24) is 5.32 Å². The van der Waals surface area contributed by atoms with Crippen LogP contribution in [-0.4, -0.2) is 18.7 Å². The second-order valence-electron chi connectivity index (χ2n) is 4.93. The molecule has 1 N–H and O–H groups in total. The van der Waals surface area contributed by atoms with Crippen LogP contribution in [0, 0.1) is 5.82 Å². The van der Waals surface area contributed by atoms with Gasteiger partial charge in [0, 0.05) is 18.7 Å². The van der Waals surface area contributed by atoms with Crippen molar-refractivity contribution in [3.8, 4) is 0 Å². The van der Waals surface area contributed by atoms with Gasteiger partial charge in [0.15, 0.2) is 0 Å². The highest BCUT2D eigenvalue weighted by Gasteiger charge is 2.24. The lowest BCUT2D eigenvalue weighted by atomic mass is 10.0. The van der Waals surface area contributed by atoms with Gasteiger partial charge in [0.2, 0.25) is 0 Å². The van der Waals surface area contributed by atoms with Crippen molar-refractivity contribution >= 4 is 0 Å². The van der Waals surface area contributed by atoms with Crippen LogP contribution in [0.5, 0.6) is 0 Å². The van der Waals surface area contributed by atoms with Gasteiger partial charge in [-0.15, -0.1) is 0 Å². The topological polar surface area (TPSA) is 21.3 Å². The van der Waals surface area contributed by atoms with Gasteiger partial charge in [-0.3, -0.25) is 0 Å². The molecule has 1 atom stereocenters. The van der Waals surface area contributed by atoms with Crippen molar-refractivity contribution in [3.63, 3.8) is 0 Å². The second-order valence-corrected chi connectivity index (χ2v) is 4.93. The fraction of sp³-hybridized carbons (Fsp3) is 0.538. The van der Waals surface area contributed by atoms with E-state index in [1.807, 2.05) is 6.07 Å². The van der Waals surface area contributed by atoms with Crippen LogP contribution >= 0.6 is 0 Å². The minimum absolute atomic E-state index is 0.0440. The van der Waals surface area contributed by atoms with Gasteiger partial charge in [0.1, 0.15) is 5.82 Å². The van der Waals surface area contributed by atoms with Gasteiger partial charge in [0.05, 0.1) is 6.10 Å². The molecular formula is C13H18FNO. The Morgan fingerprint density at radius 1 is 1.44 bits per heavy atom. The summed E-state index contributed by atoms with van der Waals surface area (Å²) >= 11 is 0. The molecule has 0 radical (unpaired) electrons. The van der Waals surface area contributed by atoms with Crippen LogP contribution in [0.25, 0.3) is 0 Å². The molecule has 0 aromatic heterocycles. The first kappa shape index (κ1) is 11.6. The molecular weight excluding hydrogens is 205 g/mol. The molecule has 1 aromatic rings. The van der Waals surface area contributed by atoms with Crippen molar-refractivity contribution in [2.24, 2.45) is 0 Å². The molecule has 0 aliphatic carbocycles. The van der Waals surface area contributed by atoms with Crippen molar-refractivity contribution in [1.29, 1.82) is 0 Å². The van der Waals surface area contributed by atoms with E-state index in [0.29, 0.717) is 6.61 Å². The van der Waals surface area contributed by atoms with Gasteiger partial charge in [-0.25, -0.2) is 4.39 Å². The zero-order valence-corrected chi connectivity index (χ0v) is 9.79. The Morgan fingerprint density at radius 2 is 2.25 bits per heavy atom. The van der Waals surface area contributed by atoms with E-state index in [0.717, 1.165) is 18.5 Å². The summed E-state index contributed by atoms with van der Waals surface area (Å²) in [5, 5.41) is 3.44. The van der Waals surface area contributed by atoms with Gasteiger partial charge in [-0.1, -0.05) is 12.1 Å². The molecule has 1 heterocycles. The first-order chi connectivity index (χ1) is 7.57. The van der Waals surface area contributed by atoms with Crippen molar-refractivity contribution in [2.45, 2.75) is 31.9 Å². The summed E-state index contributed by atoms with van der Waals surface area (Å²) < 4.78 is 18.9. The number of nitrogens with one attached hydrogen (secondary N) is 1. The zero-order chi connectivity index (χ0) is 11.6. The number of halogens is 1. The summed E-state index contributed by atoms with van der Waals surface area (Å²) in [4.78, 5) is 0. The Morgan fingerprint density at radius 3 is 3.00 bits per heavy atom. The highest BCUT2D eigenvalue weighted by molar-refractivity contribution is 5.19. The highest BCUT2D eigenvalue weighted by atomic mass is 19.1. The van der Waals surface area contributed by atoms with Gasteiger partial charge in [0.25, 0.3) is 0 Å². The number of rotatable bonds is 1. The summed E-state index contributed by atoms with van der Waals surface area (Å²) in [6, 6.07) is 6.64. The molecule has 0 amide bonds. The molecule has 2 nitrogen and oxygen atoms in total. The smallest absolute Gasteiger partial charge is 0.123 e. The summed E-state index contributed by atoms with van der Waals surface area (Å²) in [5.74, 6) is -0.204. The fourth-order valence-corrected chi connectivity index (χ4v) is 1.89. The highest BCUT2D eigenvalue weighted by Crippen LogP contribution is 2.23. The van der Waals surface area contributed by atoms with Crippen LogP contribution in [0.3, 0.4) is 0 Å². The molecule has 2 rings (SSSR count). The molecule has 1 unspecified atom stereocenters. The number of hydrogen-bond acceptors (Lipinski definition) is 2. The zero-order valence-electron chi connectivity index (χ0n) is 9.79. The van der Waals surface area contributed by atoms with Crippen molar-refractivity contribution < 1.29 is 9.13 Å². The number of benzene rings is 1. The van der Waals surface area contributed by atoms with E-state index in [1.54, 1.807) is 12.1 Å². The number of ether oxygens (including phenoxy) is 1. The van der Waals surface area contributed by atoms with Gasteiger partial charge in [-0.05, 0) is 38.0 Å². The Balaban J connectivity index is 2.11. The molecule has 0 spiro atoms. The van der Waals surface area contributed by atoms with E-state index in [-0.39, 0.29) is 17.5 Å². The SMILES string of the molecule is CC1(C)CCOC(c2cccc(F)c2)CN1. The largest absolute Gasteiger partial charge is 0.372 e. The summed E-state index contributed by atoms with van der Waals surface area (Å²) in [6.07, 6.45) is 0.927. The summed E-state index contributed by atoms with van der Waals surface area (Å²) in [5.41, 5.74) is 1.01. The quantitative estimate of drug-likeness (QED) is 0.790. The van der Waals surface area contributed by atoms with E-state index < -0.39 is 0 Å². The third kappa shape index (κ3) is 2.80. The molecule has 3 heteroatoms. The average molecular weight is 223 g/mol. The maximum absolute atomic E-state index is 13.1. The molecule has 0 saturated carbocycles. The van der Waals surface area contributed by atoms with E-state index in [1.165, 1.54) is 6.07 Å². The Kier molecular flexibility index (Phi) is 3.26. The molecule has 1 saturated heterocycles. The monoisotopic (exact) mass is 223 g/mol. The molecule has 16 heavy (non-hydrogen) atoms. The minimum atomic E-state index is -0.204. The van der Waals surface area contributed by atoms with Crippen molar-refractivity contribution in [3.05, 3.63) is 35.6 Å². The summed E-state index contributed by atoms with van der Waals surface area (Å²) in [6.45, 7) is 5.76. The van der Waals surface area contributed by atoms with Crippen LogP contribution in [0.15, 0.2) is 24.3 Å². The number of hydrogen-bond donors (Lipinski definition) is 1. The van der Waals surface area contributed by atoms with E-state index >= 15 is 0 Å². The average Bonchev–Trinajstić information content (AvgIpc) is 2.39. The van der Waals surface area contributed by atoms with Crippen LogP contribution in [-0.2, 0) is 4.74 Å². The van der Waals surface area contributed by atoms with Crippen molar-refractivity contribution in [2.75, 3.05) is 13.2 Å². The first-order valence-corrected chi connectivity index (χ1v) is 5.69. The lowest BCUT2D eigenvalue weighted by Crippen LogP contribution is -2.39. The van der Waals surface area contributed by atoms with Crippen LogP contribution in [0.1, 0.15) is 31.9 Å². The van der Waals surface area contributed by atoms with E-state index in [2.05, 4.69) is 19.2 Å². The molecule has 1 fully saturated rings. The van der Waals surface area contributed by atoms with Gasteiger partial charge < -0.3 is 10.1 Å². The lowest BCUT2D eigenvalue weighted by molar-refractivity contribution is 0.0654. The third-order valence-corrected chi connectivity index (χ3v) is 3.03. The van der Waals surface area contributed by atoms with E-state index in [4.69, 9.17) is 4.74 Å². The Hall–Kier alpha value is -0.930. The van der Waals surface area contributed by atoms with Gasteiger partial charge in [-0.2, -0.15) is 0 Å². The Bertz CT molecular complexity index is 365. The second kappa shape index (κ2) is 4.52. The van der Waals surface area contributed by atoms with Gasteiger partial charge >= 0.3 is 0 Å². The summed E-state index contributed by atoms with van der Waals surface area (Å²) in [7, 11) is 0. The maximum Gasteiger partial charge on any atom is 0.123 e. The van der Waals surface area contributed by atoms with Crippen LogP contribution < -0.4 is 5.32 Å². The predicted molar refractivity (Wildman–Crippen MR) is 61.8 cm³/mol. The molecule has 1 aromatic carbocycles. The third-order valence-electron chi connectivity index (χ3n) is 3.03. The first-order valence-electron chi connectivity index (χ1n) is 5.69. The molecule has 1 aliphatic heterocycles. The molecule has 0 bridgehead atoms. The lowest BCUT2D eigenvalue weighted by Gasteiger charge is -2.23. The van der Waals surface area contributed by atoms with Crippen LogP contribution in [0.2, 0.25) is 0 Å². The molecule has 88 valence electrons.